The van der Waals surface area contributed by atoms with Crippen molar-refractivity contribution in [3.8, 4) is 6.07 Å². The van der Waals surface area contributed by atoms with Gasteiger partial charge in [0.05, 0.1) is 28.5 Å². The maximum atomic E-state index is 12.7. The maximum Gasteiger partial charge on any atom is 0.416 e. The van der Waals surface area contributed by atoms with Crippen molar-refractivity contribution in [1.29, 1.82) is 5.26 Å². The molecule has 0 atom stereocenters. The third-order valence-electron chi connectivity index (χ3n) is 3.62. The summed E-state index contributed by atoms with van der Waals surface area (Å²) in [4.78, 5) is 21.8. The van der Waals surface area contributed by atoms with Gasteiger partial charge in [-0.1, -0.05) is 12.1 Å². The number of nitro benzene ring substituents is 1. The van der Waals surface area contributed by atoms with Gasteiger partial charge in [-0.25, -0.2) is 0 Å². The smallest absolute Gasteiger partial charge is 0.416 e. The van der Waals surface area contributed by atoms with Gasteiger partial charge in [0.2, 0.25) is 0 Å². The summed E-state index contributed by atoms with van der Waals surface area (Å²) < 4.78 is 43.0. The third-order valence-corrected chi connectivity index (χ3v) is 3.62. The Bertz CT molecular complexity index is 923. The Hall–Kier alpha value is -3.61. The highest BCUT2D eigenvalue weighted by Crippen LogP contribution is 2.34. The molecule has 0 fully saturated rings. The second-order valence-electron chi connectivity index (χ2n) is 5.64. The Morgan fingerprint density at radius 2 is 2.00 bits per heavy atom. The minimum absolute atomic E-state index is 0.0468. The van der Waals surface area contributed by atoms with Gasteiger partial charge in [0.1, 0.15) is 12.3 Å². The van der Waals surface area contributed by atoms with E-state index >= 15 is 0 Å². The van der Waals surface area contributed by atoms with Gasteiger partial charge >= 0.3 is 12.1 Å². The zero-order valence-electron chi connectivity index (χ0n) is 14.3. The summed E-state index contributed by atoms with van der Waals surface area (Å²) in [7, 11) is 0. The number of rotatable bonds is 7. The quantitative estimate of drug-likeness (QED) is 0.433. The lowest BCUT2D eigenvalue weighted by atomic mass is 10.1. The molecule has 2 aromatic carbocycles. The first-order valence-corrected chi connectivity index (χ1v) is 7.95. The van der Waals surface area contributed by atoms with E-state index in [-0.39, 0.29) is 25.3 Å². The number of carbonyl (C=O) groups is 1. The molecule has 0 spiro atoms. The molecule has 0 unspecified atom stereocenters. The molecule has 0 bridgehead atoms. The van der Waals surface area contributed by atoms with E-state index in [2.05, 4.69) is 5.32 Å². The summed E-state index contributed by atoms with van der Waals surface area (Å²) in [5.74, 6) is -0.607. The molecular formula is C18H14F3N3O4. The van der Waals surface area contributed by atoms with Crippen LogP contribution >= 0.6 is 0 Å². The summed E-state index contributed by atoms with van der Waals surface area (Å²) in [6, 6.07) is 10.5. The van der Waals surface area contributed by atoms with Gasteiger partial charge in [-0.3, -0.25) is 14.9 Å². The van der Waals surface area contributed by atoms with Crippen LogP contribution in [0.3, 0.4) is 0 Å². The predicted octanol–water partition coefficient (Wildman–Crippen LogP) is 4.03. The average molecular weight is 393 g/mol. The summed E-state index contributed by atoms with van der Waals surface area (Å²) in [5.41, 5.74) is -0.962. The van der Waals surface area contributed by atoms with Gasteiger partial charge in [0.25, 0.3) is 5.69 Å². The summed E-state index contributed by atoms with van der Waals surface area (Å²) in [6.07, 6.45) is -4.86. The molecule has 2 rings (SSSR count). The lowest BCUT2D eigenvalue weighted by molar-refractivity contribution is -0.384. The Balaban J connectivity index is 1.91. The van der Waals surface area contributed by atoms with E-state index in [4.69, 9.17) is 10.00 Å². The number of hydrogen-bond acceptors (Lipinski definition) is 6. The molecule has 7 nitrogen and oxygen atoms in total. The number of nitriles is 1. The summed E-state index contributed by atoms with van der Waals surface area (Å²) in [5, 5.41) is 22.4. The van der Waals surface area contributed by atoms with E-state index in [1.165, 1.54) is 0 Å². The average Bonchev–Trinajstić information content (AvgIpc) is 2.65. The summed E-state index contributed by atoms with van der Waals surface area (Å²) >= 11 is 0. The van der Waals surface area contributed by atoms with Crippen molar-refractivity contribution in [1.82, 2.24) is 0 Å². The van der Waals surface area contributed by atoms with Crippen molar-refractivity contribution < 1.29 is 27.6 Å². The van der Waals surface area contributed by atoms with Gasteiger partial charge in [-0.15, -0.1) is 0 Å². The molecule has 10 heteroatoms. The van der Waals surface area contributed by atoms with Crippen LogP contribution in [0, 0.1) is 21.4 Å². The second kappa shape index (κ2) is 8.85. The first-order chi connectivity index (χ1) is 13.2. The van der Waals surface area contributed by atoms with Gasteiger partial charge in [0.15, 0.2) is 0 Å². The standard InChI is InChI=1S/C18H14F3N3O4/c19-18(20,21)14-4-5-15(16(9-14)24(26)27)23-7-6-17(25)28-11-13-3-1-2-12(8-13)10-22/h1-5,8-9,23H,6-7,11H2. The number of nitrogens with zero attached hydrogens (tertiary/aromatic N) is 2. The van der Waals surface area contributed by atoms with E-state index in [9.17, 15) is 28.1 Å². The van der Waals surface area contributed by atoms with Gasteiger partial charge in [0, 0.05) is 12.6 Å². The van der Waals surface area contributed by atoms with E-state index in [1.807, 2.05) is 6.07 Å². The highest BCUT2D eigenvalue weighted by Gasteiger charge is 2.33. The fourth-order valence-corrected chi connectivity index (χ4v) is 2.27. The molecule has 146 valence electrons. The molecule has 0 saturated carbocycles. The van der Waals surface area contributed by atoms with Crippen LogP contribution in [0.2, 0.25) is 0 Å². The van der Waals surface area contributed by atoms with Crippen molar-refractivity contribution in [2.45, 2.75) is 19.2 Å². The molecule has 0 radical (unpaired) electrons. The summed E-state index contributed by atoms with van der Waals surface area (Å²) in [6.45, 7) is -0.113. The van der Waals surface area contributed by atoms with Crippen LogP contribution < -0.4 is 5.32 Å². The highest BCUT2D eigenvalue weighted by atomic mass is 19.4. The zero-order chi connectivity index (χ0) is 20.7. The SMILES string of the molecule is N#Cc1cccc(COC(=O)CCNc2ccc(C(F)(F)F)cc2[N+](=O)[O-])c1. The van der Waals surface area contributed by atoms with Crippen molar-refractivity contribution in [2.24, 2.45) is 0 Å². The van der Waals surface area contributed by atoms with E-state index in [0.717, 1.165) is 12.1 Å². The fraction of sp³-hybridized carbons (Fsp3) is 0.222. The number of esters is 1. The zero-order valence-corrected chi connectivity index (χ0v) is 14.3. The molecule has 0 aliphatic heterocycles. The van der Waals surface area contributed by atoms with Crippen molar-refractivity contribution in [3.05, 3.63) is 69.3 Å². The minimum Gasteiger partial charge on any atom is -0.461 e. The predicted molar refractivity (Wildman–Crippen MR) is 92.2 cm³/mol. The molecular weight excluding hydrogens is 379 g/mol. The molecule has 0 aliphatic rings. The molecule has 0 aromatic heterocycles. The Kier molecular flexibility index (Phi) is 6.55. The molecule has 0 aliphatic carbocycles. The largest absolute Gasteiger partial charge is 0.461 e. The molecule has 1 N–H and O–H groups in total. The van der Waals surface area contributed by atoms with E-state index in [0.29, 0.717) is 17.2 Å². The molecule has 0 saturated heterocycles. The van der Waals surface area contributed by atoms with E-state index in [1.54, 1.807) is 24.3 Å². The number of carbonyl (C=O) groups excluding carboxylic acids is 1. The van der Waals surface area contributed by atoms with Gasteiger partial charge in [-0.2, -0.15) is 18.4 Å². The Morgan fingerprint density at radius 3 is 2.64 bits per heavy atom. The first kappa shape index (κ1) is 20.7. The fourth-order valence-electron chi connectivity index (χ4n) is 2.27. The lowest BCUT2D eigenvalue weighted by Crippen LogP contribution is -2.13. The second-order valence-corrected chi connectivity index (χ2v) is 5.64. The molecule has 0 heterocycles. The van der Waals surface area contributed by atoms with Crippen LogP contribution in [0.4, 0.5) is 24.5 Å². The van der Waals surface area contributed by atoms with Crippen molar-refractivity contribution in [2.75, 3.05) is 11.9 Å². The number of anilines is 1. The lowest BCUT2D eigenvalue weighted by Gasteiger charge is -2.10. The van der Waals surface area contributed by atoms with E-state index < -0.39 is 28.3 Å². The number of benzene rings is 2. The maximum absolute atomic E-state index is 12.7. The van der Waals surface area contributed by atoms with Crippen LogP contribution in [0.5, 0.6) is 0 Å². The normalized spacial score (nSPS) is 10.8. The molecule has 2 aromatic rings. The van der Waals surface area contributed by atoms with Crippen molar-refractivity contribution in [3.63, 3.8) is 0 Å². The topological polar surface area (TPSA) is 105 Å². The van der Waals surface area contributed by atoms with Crippen LogP contribution in [-0.2, 0) is 22.3 Å². The highest BCUT2D eigenvalue weighted by molar-refractivity contribution is 5.71. The van der Waals surface area contributed by atoms with Crippen LogP contribution in [0.25, 0.3) is 0 Å². The molecule has 28 heavy (non-hydrogen) atoms. The first-order valence-electron chi connectivity index (χ1n) is 7.95. The number of nitrogens with one attached hydrogen (secondary N) is 1. The van der Waals surface area contributed by atoms with Crippen LogP contribution in [-0.4, -0.2) is 17.4 Å². The van der Waals surface area contributed by atoms with Gasteiger partial charge in [-0.05, 0) is 29.8 Å². The Labute approximate surface area is 157 Å². The Morgan fingerprint density at radius 1 is 1.25 bits per heavy atom. The number of nitro groups is 1. The molecule has 0 amide bonds. The number of ether oxygens (including phenoxy) is 1. The third kappa shape index (κ3) is 5.70. The van der Waals surface area contributed by atoms with Crippen LogP contribution in [0.1, 0.15) is 23.1 Å². The van der Waals surface area contributed by atoms with Crippen LogP contribution in [0.15, 0.2) is 42.5 Å². The number of hydrogen-bond donors (Lipinski definition) is 1. The number of halogens is 3. The van der Waals surface area contributed by atoms with Gasteiger partial charge < -0.3 is 10.1 Å². The monoisotopic (exact) mass is 393 g/mol. The van der Waals surface area contributed by atoms with Crippen molar-refractivity contribution >= 4 is 17.3 Å². The minimum atomic E-state index is -4.70. The number of alkyl halides is 3.